The van der Waals surface area contributed by atoms with Crippen LogP contribution in [0.3, 0.4) is 0 Å². The average molecular weight is 329 g/mol. The number of para-hydroxylation sites is 1. The summed E-state index contributed by atoms with van der Waals surface area (Å²) in [4.78, 5) is 12.5. The van der Waals surface area contributed by atoms with E-state index in [1.54, 1.807) is 55.6 Å². The lowest BCUT2D eigenvalue weighted by molar-refractivity contribution is 0.102. The van der Waals surface area contributed by atoms with Crippen molar-refractivity contribution in [2.75, 3.05) is 12.4 Å². The topological polar surface area (TPSA) is 64.4 Å². The highest BCUT2D eigenvalue weighted by Gasteiger charge is 2.18. The number of benzene rings is 2. The molecule has 0 bridgehead atoms. The van der Waals surface area contributed by atoms with Crippen molar-refractivity contribution in [1.82, 2.24) is 5.16 Å². The fraction of sp³-hybridized carbons (Fsp3) is 0.0588. The van der Waals surface area contributed by atoms with Gasteiger partial charge in [0.15, 0.2) is 5.76 Å². The van der Waals surface area contributed by atoms with Crippen LogP contribution in [-0.4, -0.2) is 18.2 Å². The molecule has 0 unspecified atom stereocenters. The molecule has 0 saturated carbocycles. The SMILES string of the molecule is COc1ccc(-c2oncc2C(=O)Nc2ccccc2Cl)cc1. The zero-order valence-corrected chi connectivity index (χ0v) is 13.0. The number of nitrogens with zero attached hydrogens (tertiary/aromatic N) is 1. The lowest BCUT2D eigenvalue weighted by Crippen LogP contribution is -2.12. The molecule has 1 aromatic heterocycles. The van der Waals surface area contributed by atoms with Crippen LogP contribution in [0.15, 0.2) is 59.3 Å². The van der Waals surface area contributed by atoms with Crippen LogP contribution in [-0.2, 0) is 0 Å². The zero-order chi connectivity index (χ0) is 16.2. The summed E-state index contributed by atoms with van der Waals surface area (Å²) in [7, 11) is 1.59. The third-order valence-electron chi connectivity index (χ3n) is 3.29. The van der Waals surface area contributed by atoms with Crippen molar-refractivity contribution in [3.8, 4) is 17.1 Å². The highest BCUT2D eigenvalue weighted by Crippen LogP contribution is 2.27. The number of hydrogen-bond donors (Lipinski definition) is 1. The fourth-order valence-electron chi connectivity index (χ4n) is 2.10. The first-order chi connectivity index (χ1) is 11.2. The maximum Gasteiger partial charge on any atom is 0.261 e. The van der Waals surface area contributed by atoms with Crippen molar-refractivity contribution in [1.29, 1.82) is 0 Å². The molecule has 0 aliphatic carbocycles. The van der Waals surface area contributed by atoms with E-state index in [-0.39, 0.29) is 5.91 Å². The van der Waals surface area contributed by atoms with Crippen LogP contribution in [0, 0.1) is 0 Å². The fourth-order valence-corrected chi connectivity index (χ4v) is 2.29. The van der Waals surface area contributed by atoms with Crippen LogP contribution in [0.2, 0.25) is 5.02 Å². The van der Waals surface area contributed by atoms with Gasteiger partial charge in [-0.1, -0.05) is 28.9 Å². The van der Waals surface area contributed by atoms with E-state index in [0.717, 1.165) is 11.3 Å². The van der Waals surface area contributed by atoms with Gasteiger partial charge in [-0.05, 0) is 36.4 Å². The minimum Gasteiger partial charge on any atom is -0.497 e. The van der Waals surface area contributed by atoms with Gasteiger partial charge in [0.1, 0.15) is 11.3 Å². The van der Waals surface area contributed by atoms with Gasteiger partial charge in [0.05, 0.1) is 24.0 Å². The van der Waals surface area contributed by atoms with Crippen molar-refractivity contribution in [3.05, 3.63) is 65.3 Å². The highest BCUT2D eigenvalue weighted by atomic mass is 35.5. The Hall–Kier alpha value is -2.79. The largest absolute Gasteiger partial charge is 0.497 e. The van der Waals surface area contributed by atoms with Crippen LogP contribution in [0.25, 0.3) is 11.3 Å². The van der Waals surface area contributed by atoms with Crippen molar-refractivity contribution >= 4 is 23.2 Å². The lowest BCUT2D eigenvalue weighted by atomic mass is 10.1. The summed E-state index contributed by atoms with van der Waals surface area (Å²) in [6.07, 6.45) is 1.38. The van der Waals surface area contributed by atoms with Gasteiger partial charge in [0.25, 0.3) is 5.91 Å². The molecule has 1 amide bonds. The van der Waals surface area contributed by atoms with E-state index < -0.39 is 0 Å². The molecule has 0 aliphatic heterocycles. The summed E-state index contributed by atoms with van der Waals surface area (Å²) in [6.45, 7) is 0. The number of nitrogens with one attached hydrogen (secondary N) is 1. The average Bonchev–Trinajstić information content (AvgIpc) is 3.07. The van der Waals surface area contributed by atoms with E-state index in [1.165, 1.54) is 6.20 Å². The van der Waals surface area contributed by atoms with Gasteiger partial charge in [-0.2, -0.15) is 0 Å². The Bertz CT molecular complexity index is 828. The Morgan fingerprint density at radius 3 is 2.61 bits per heavy atom. The molecule has 0 aliphatic rings. The van der Waals surface area contributed by atoms with Crippen molar-refractivity contribution in [2.24, 2.45) is 0 Å². The van der Waals surface area contributed by atoms with Gasteiger partial charge in [0, 0.05) is 5.56 Å². The molecule has 3 rings (SSSR count). The van der Waals surface area contributed by atoms with Crippen LogP contribution in [0.1, 0.15) is 10.4 Å². The predicted octanol–water partition coefficient (Wildman–Crippen LogP) is 4.26. The number of methoxy groups -OCH3 is 1. The van der Waals surface area contributed by atoms with Crippen LogP contribution >= 0.6 is 11.6 Å². The smallest absolute Gasteiger partial charge is 0.261 e. The first kappa shape index (κ1) is 15.1. The van der Waals surface area contributed by atoms with Gasteiger partial charge in [-0.25, -0.2) is 0 Å². The van der Waals surface area contributed by atoms with Crippen LogP contribution < -0.4 is 10.1 Å². The normalized spacial score (nSPS) is 10.3. The summed E-state index contributed by atoms with van der Waals surface area (Å²) in [6, 6.07) is 14.2. The number of amides is 1. The number of halogens is 1. The Morgan fingerprint density at radius 2 is 1.91 bits per heavy atom. The van der Waals surface area contributed by atoms with E-state index >= 15 is 0 Å². The van der Waals surface area contributed by atoms with E-state index in [2.05, 4.69) is 10.5 Å². The Morgan fingerprint density at radius 1 is 1.17 bits per heavy atom. The first-order valence-corrected chi connectivity index (χ1v) is 7.22. The van der Waals surface area contributed by atoms with Gasteiger partial charge < -0.3 is 14.6 Å². The second-order valence-corrected chi connectivity index (χ2v) is 5.14. The van der Waals surface area contributed by atoms with Gasteiger partial charge >= 0.3 is 0 Å². The molecule has 0 spiro atoms. The van der Waals surface area contributed by atoms with Gasteiger partial charge in [-0.15, -0.1) is 0 Å². The third-order valence-corrected chi connectivity index (χ3v) is 3.62. The molecule has 3 aromatic rings. The minimum atomic E-state index is -0.342. The molecule has 2 aromatic carbocycles. The summed E-state index contributed by atoms with van der Waals surface area (Å²) < 4.78 is 10.3. The quantitative estimate of drug-likeness (QED) is 0.777. The van der Waals surface area contributed by atoms with Crippen LogP contribution in [0.5, 0.6) is 5.75 Å². The number of anilines is 1. The van der Waals surface area contributed by atoms with E-state index in [0.29, 0.717) is 22.0 Å². The molecule has 6 heteroatoms. The summed E-state index contributed by atoms with van der Waals surface area (Å²) in [5.41, 5.74) is 1.59. The molecule has 1 N–H and O–H groups in total. The molecule has 1 heterocycles. The number of ether oxygens (including phenoxy) is 1. The number of rotatable bonds is 4. The number of aromatic nitrogens is 1. The standard InChI is InChI=1S/C17H13ClN2O3/c1-22-12-8-6-11(7-9-12)16-13(10-19-23-16)17(21)20-15-5-3-2-4-14(15)18/h2-10H,1H3,(H,20,21). The second-order valence-electron chi connectivity index (χ2n) is 4.73. The van der Waals surface area contributed by atoms with Gasteiger partial charge in [-0.3, -0.25) is 4.79 Å². The summed E-state index contributed by atoms with van der Waals surface area (Å²) in [5, 5.41) is 6.94. The summed E-state index contributed by atoms with van der Waals surface area (Å²) in [5.74, 6) is 0.762. The molecule has 0 atom stereocenters. The third kappa shape index (κ3) is 3.19. The number of carbonyl (C=O) groups excluding carboxylic acids is 1. The predicted molar refractivity (Wildman–Crippen MR) is 87.9 cm³/mol. The summed E-state index contributed by atoms with van der Waals surface area (Å²) >= 11 is 6.05. The van der Waals surface area contributed by atoms with Crippen molar-refractivity contribution in [2.45, 2.75) is 0 Å². The molecule has 0 radical (unpaired) electrons. The highest BCUT2D eigenvalue weighted by molar-refractivity contribution is 6.34. The maximum absolute atomic E-state index is 12.5. The molecular weight excluding hydrogens is 316 g/mol. The molecule has 23 heavy (non-hydrogen) atoms. The van der Waals surface area contributed by atoms with Crippen molar-refractivity contribution in [3.63, 3.8) is 0 Å². The second kappa shape index (κ2) is 6.54. The maximum atomic E-state index is 12.5. The lowest BCUT2D eigenvalue weighted by Gasteiger charge is -2.06. The number of hydrogen-bond acceptors (Lipinski definition) is 4. The van der Waals surface area contributed by atoms with Crippen molar-refractivity contribution < 1.29 is 14.1 Å². The number of carbonyl (C=O) groups is 1. The zero-order valence-electron chi connectivity index (χ0n) is 12.2. The Labute approximate surface area is 137 Å². The minimum absolute atomic E-state index is 0.329. The van der Waals surface area contributed by atoms with Crippen LogP contribution in [0.4, 0.5) is 5.69 Å². The molecular formula is C17H13ClN2O3. The Kier molecular flexibility index (Phi) is 4.30. The molecule has 0 saturated heterocycles. The van der Waals surface area contributed by atoms with Gasteiger partial charge in [0.2, 0.25) is 0 Å². The van der Waals surface area contributed by atoms with E-state index in [4.69, 9.17) is 20.9 Å². The molecule has 5 nitrogen and oxygen atoms in total. The molecule has 116 valence electrons. The Balaban J connectivity index is 1.88. The van der Waals surface area contributed by atoms with E-state index in [9.17, 15) is 4.79 Å². The van der Waals surface area contributed by atoms with E-state index in [1.807, 2.05) is 0 Å². The monoisotopic (exact) mass is 328 g/mol. The molecule has 0 fully saturated rings. The first-order valence-electron chi connectivity index (χ1n) is 6.84.